The minimum atomic E-state index is -3.65. The molecule has 0 aromatic heterocycles. The van der Waals surface area contributed by atoms with Crippen LogP contribution in [-0.2, 0) is 9.84 Å². The molecule has 0 amide bonds. The van der Waals surface area contributed by atoms with E-state index < -0.39 is 20.5 Å². The normalized spacial score (nSPS) is 20.3. The van der Waals surface area contributed by atoms with Crippen LogP contribution in [0.2, 0.25) is 0 Å². The summed E-state index contributed by atoms with van der Waals surface area (Å²) >= 11 is 0. The molecule has 7 nitrogen and oxygen atoms in total. The predicted molar refractivity (Wildman–Crippen MR) is 99.3 cm³/mol. The van der Waals surface area contributed by atoms with Crippen LogP contribution in [-0.4, -0.2) is 30.0 Å². The second-order valence-corrected chi connectivity index (χ2v) is 8.72. The summed E-state index contributed by atoms with van der Waals surface area (Å²) in [6.07, 6.45) is 1.29. The SMILES string of the molecule is CCC1(CC)CS(=O)(=O)c2cc(O[N+](=O)O)ccc2C(c2ccccc2)N1. The van der Waals surface area contributed by atoms with E-state index in [0.717, 1.165) is 5.56 Å². The molecule has 1 atom stereocenters. The second kappa shape index (κ2) is 7.28. The fraction of sp³-hybridized carbons (Fsp3) is 0.368. The minimum absolute atomic E-state index is 0.0397. The first-order chi connectivity index (χ1) is 12.8. The Bertz CT molecular complexity index is 940. The van der Waals surface area contributed by atoms with Crippen molar-refractivity contribution in [3.05, 3.63) is 64.6 Å². The van der Waals surface area contributed by atoms with Gasteiger partial charge in [0, 0.05) is 11.6 Å². The lowest BCUT2D eigenvalue weighted by molar-refractivity contribution is -0.945. The average molecular weight is 391 g/mol. The molecule has 1 heterocycles. The highest BCUT2D eigenvalue weighted by Gasteiger charge is 2.41. The van der Waals surface area contributed by atoms with E-state index >= 15 is 0 Å². The molecule has 0 aliphatic carbocycles. The summed E-state index contributed by atoms with van der Waals surface area (Å²) in [5, 5.41) is 11.7. The van der Waals surface area contributed by atoms with Crippen molar-refractivity contribution in [1.82, 2.24) is 5.32 Å². The van der Waals surface area contributed by atoms with Gasteiger partial charge < -0.3 is 0 Å². The highest BCUT2D eigenvalue weighted by molar-refractivity contribution is 7.91. The quantitative estimate of drug-likeness (QED) is 0.760. The summed E-state index contributed by atoms with van der Waals surface area (Å²) in [7, 11) is -3.65. The van der Waals surface area contributed by atoms with Crippen molar-refractivity contribution >= 4 is 9.84 Å². The van der Waals surface area contributed by atoms with Gasteiger partial charge in [0.15, 0.2) is 9.84 Å². The summed E-state index contributed by atoms with van der Waals surface area (Å²) in [5.41, 5.74) is 0.956. The summed E-state index contributed by atoms with van der Waals surface area (Å²) in [6, 6.07) is 13.7. The number of rotatable bonds is 5. The zero-order chi connectivity index (χ0) is 19.7. The van der Waals surface area contributed by atoms with Crippen LogP contribution in [0.4, 0.5) is 0 Å². The monoisotopic (exact) mass is 391 g/mol. The molecule has 1 unspecified atom stereocenters. The third-order valence-corrected chi connectivity index (χ3v) is 7.17. The Morgan fingerprint density at radius 1 is 1.19 bits per heavy atom. The van der Waals surface area contributed by atoms with Crippen LogP contribution in [0.25, 0.3) is 0 Å². The summed E-state index contributed by atoms with van der Waals surface area (Å²) in [6.45, 7) is 3.94. The van der Waals surface area contributed by atoms with Crippen LogP contribution in [0, 0.1) is 4.91 Å². The maximum absolute atomic E-state index is 13.2. The summed E-state index contributed by atoms with van der Waals surface area (Å²) in [4.78, 5) is 15.5. The number of hydrogen-bond acceptors (Lipinski definition) is 5. The lowest BCUT2D eigenvalue weighted by atomic mass is 9.90. The van der Waals surface area contributed by atoms with Crippen LogP contribution < -0.4 is 10.2 Å². The topological polar surface area (TPSA) is 95.7 Å². The van der Waals surface area contributed by atoms with Crippen LogP contribution in [0.1, 0.15) is 43.9 Å². The van der Waals surface area contributed by atoms with Gasteiger partial charge in [0.1, 0.15) is 4.91 Å². The van der Waals surface area contributed by atoms with E-state index in [1.807, 2.05) is 44.2 Å². The number of nitrogens with zero attached hydrogens (tertiary/aromatic N) is 1. The zero-order valence-corrected chi connectivity index (χ0v) is 16.1. The Labute approximate surface area is 158 Å². The Morgan fingerprint density at radius 2 is 1.85 bits per heavy atom. The fourth-order valence-electron chi connectivity index (χ4n) is 3.60. The maximum Gasteiger partial charge on any atom is 0.481 e. The van der Waals surface area contributed by atoms with Crippen molar-refractivity contribution in [1.29, 1.82) is 0 Å². The summed E-state index contributed by atoms with van der Waals surface area (Å²) < 4.78 is 26.4. The number of hydrogen-bond donors (Lipinski definition) is 2. The molecule has 1 aliphatic rings. The molecule has 3 rings (SSSR count). The highest BCUT2D eigenvalue weighted by atomic mass is 32.2. The molecular weight excluding hydrogens is 368 g/mol. The van der Waals surface area contributed by atoms with Gasteiger partial charge in [0.05, 0.1) is 16.7 Å². The Kier molecular flexibility index (Phi) is 5.21. The number of nitrogens with one attached hydrogen (secondary N) is 1. The second-order valence-electron chi connectivity index (χ2n) is 6.76. The maximum atomic E-state index is 13.2. The molecule has 0 saturated heterocycles. The third kappa shape index (κ3) is 3.81. The molecule has 1 aliphatic heterocycles. The van der Waals surface area contributed by atoms with Crippen LogP contribution in [0.3, 0.4) is 0 Å². The minimum Gasteiger partial charge on any atom is -0.300 e. The number of sulfone groups is 1. The van der Waals surface area contributed by atoms with Crippen molar-refractivity contribution in [3.8, 4) is 5.75 Å². The molecule has 2 aromatic rings. The van der Waals surface area contributed by atoms with Gasteiger partial charge in [-0.25, -0.2) is 13.6 Å². The van der Waals surface area contributed by atoms with Crippen molar-refractivity contribution in [2.45, 2.75) is 43.2 Å². The highest BCUT2D eigenvalue weighted by Crippen LogP contribution is 2.38. The van der Waals surface area contributed by atoms with Gasteiger partial charge in [-0.05, 0) is 30.0 Å². The standard InChI is InChI=1S/C19H23N2O5S/c1-3-19(4-2)13-27(24,25)17-12-15(26-21(22)23)10-11-16(17)18(20-19)14-8-6-5-7-9-14/h5-12,18,20H,3-4,13H2,1-2H3,(H,22,23)/q+1. The fourth-order valence-corrected chi connectivity index (χ4v) is 5.82. The van der Waals surface area contributed by atoms with Gasteiger partial charge in [-0.2, -0.15) is 0 Å². The van der Waals surface area contributed by atoms with Crippen LogP contribution in [0.15, 0.2) is 53.4 Å². The first-order valence-electron chi connectivity index (χ1n) is 8.84. The van der Waals surface area contributed by atoms with Gasteiger partial charge in [0.25, 0.3) is 0 Å². The first-order valence-corrected chi connectivity index (χ1v) is 10.5. The predicted octanol–water partition coefficient (Wildman–Crippen LogP) is 3.17. The summed E-state index contributed by atoms with van der Waals surface area (Å²) in [5.74, 6) is -0.102. The molecule has 2 N–H and O–H groups in total. The molecule has 0 bridgehead atoms. The van der Waals surface area contributed by atoms with Gasteiger partial charge in [0.2, 0.25) is 5.75 Å². The molecule has 144 valence electrons. The zero-order valence-electron chi connectivity index (χ0n) is 15.3. The number of benzene rings is 2. The van der Waals surface area contributed by atoms with Gasteiger partial charge in [-0.1, -0.05) is 50.2 Å². The number of fused-ring (bicyclic) bond motifs is 1. The molecule has 8 heteroatoms. The van der Waals surface area contributed by atoms with Gasteiger partial charge in [-0.15, -0.1) is 4.84 Å². The lowest BCUT2D eigenvalue weighted by Gasteiger charge is -2.34. The third-order valence-electron chi connectivity index (χ3n) is 5.22. The van der Waals surface area contributed by atoms with Crippen LogP contribution >= 0.6 is 0 Å². The molecule has 2 aromatic carbocycles. The van der Waals surface area contributed by atoms with Crippen LogP contribution in [0.5, 0.6) is 5.75 Å². The van der Waals surface area contributed by atoms with Gasteiger partial charge in [-0.3, -0.25) is 5.32 Å². The van der Waals surface area contributed by atoms with E-state index in [-0.39, 0.29) is 22.4 Å². The Hall–Kier alpha value is -2.45. The van der Waals surface area contributed by atoms with E-state index in [1.54, 1.807) is 6.07 Å². The van der Waals surface area contributed by atoms with Gasteiger partial charge >= 0.3 is 5.09 Å². The van der Waals surface area contributed by atoms with E-state index in [2.05, 4.69) is 10.2 Å². The molecular formula is C19H23N2O5S+. The lowest BCUT2D eigenvalue weighted by Crippen LogP contribution is -2.49. The smallest absolute Gasteiger partial charge is 0.300 e. The molecule has 0 fully saturated rings. The van der Waals surface area contributed by atoms with E-state index in [1.165, 1.54) is 12.1 Å². The van der Waals surface area contributed by atoms with Crippen molar-refractivity contribution in [2.24, 2.45) is 0 Å². The van der Waals surface area contributed by atoms with Crippen molar-refractivity contribution < 1.29 is 23.5 Å². The molecule has 0 radical (unpaired) electrons. The Morgan fingerprint density at radius 3 is 2.44 bits per heavy atom. The van der Waals surface area contributed by atoms with Crippen molar-refractivity contribution in [3.63, 3.8) is 0 Å². The molecule has 27 heavy (non-hydrogen) atoms. The van der Waals surface area contributed by atoms with E-state index in [0.29, 0.717) is 18.4 Å². The Balaban J connectivity index is 2.23. The molecule has 0 spiro atoms. The average Bonchev–Trinajstić information content (AvgIpc) is 2.75. The first kappa shape index (κ1) is 19.3. The van der Waals surface area contributed by atoms with E-state index in [9.17, 15) is 13.3 Å². The van der Waals surface area contributed by atoms with E-state index in [4.69, 9.17) is 5.21 Å². The van der Waals surface area contributed by atoms with Crippen molar-refractivity contribution in [2.75, 3.05) is 5.75 Å². The largest absolute Gasteiger partial charge is 0.481 e. The molecule has 0 saturated carbocycles.